The average molecular weight is 425 g/mol. The summed E-state index contributed by atoms with van der Waals surface area (Å²) in [5, 5.41) is 9.64. The van der Waals surface area contributed by atoms with E-state index in [9.17, 15) is 4.79 Å². The molecule has 0 aliphatic carbocycles. The second-order valence-corrected chi connectivity index (χ2v) is 7.39. The third kappa shape index (κ3) is 6.01. The number of carbonyl (C=O) groups is 1. The molecule has 0 saturated carbocycles. The topological polar surface area (TPSA) is 55.8 Å². The molecule has 0 atom stereocenters. The Labute approximate surface area is 182 Å². The Morgan fingerprint density at radius 2 is 1.67 bits per heavy atom. The van der Waals surface area contributed by atoms with E-state index in [-0.39, 0.29) is 0 Å². The summed E-state index contributed by atoms with van der Waals surface area (Å²) >= 11 is 6.33. The van der Waals surface area contributed by atoms with Gasteiger partial charge in [0.2, 0.25) is 0 Å². The first kappa shape index (κ1) is 21.7. The second kappa shape index (κ2) is 10.7. The second-order valence-electron chi connectivity index (χ2n) is 6.96. The Balaban J connectivity index is 1.72. The first-order valence-electron chi connectivity index (χ1n) is 10.0. The van der Waals surface area contributed by atoms with E-state index in [0.717, 1.165) is 41.7 Å². The van der Waals surface area contributed by atoms with Crippen LogP contribution in [0.2, 0.25) is 5.02 Å². The molecule has 0 radical (unpaired) electrons. The summed E-state index contributed by atoms with van der Waals surface area (Å²) in [6.07, 6.45) is 2.47. The summed E-state index contributed by atoms with van der Waals surface area (Å²) in [5.41, 5.74) is 3.48. The minimum absolute atomic E-state index is 0.298. The van der Waals surface area contributed by atoms with E-state index in [1.54, 1.807) is 18.2 Å². The van der Waals surface area contributed by atoms with E-state index in [1.807, 2.05) is 55.5 Å². The van der Waals surface area contributed by atoms with Crippen LogP contribution in [0, 0.1) is 0 Å². The van der Waals surface area contributed by atoms with Crippen LogP contribution >= 0.6 is 11.6 Å². The number of ether oxygens (including phenoxy) is 2. The number of rotatable bonds is 10. The minimum Gasteiger partial charge on any atom is -0.490 e. The monoisotopic (exact) mass is 424 g/mol. The minimum atomic E-state index is -0.913. The van der Waals surface area contributed by atoms with Gasteiger partial charge in [-0.05, 0) is 61.1 Å². The third-order valence-electron chi connectivity index (χ3n) is 4.73. The molecule has 30 heavy (non-hydrogen) atoms. The Bertz CT molecular complexity index is 968. The highest BCUT2D eigenvalue weighted by molar-refractivity contribution is 6.30. The molecule has 0 amide bonds. The first-order valence-corrected chi connectivity index (χ1v) is 10.4. The van der Waals surface area contributed by atoms with Crippen molar-refractivity contribution in [3.8, 4) is 11.5 Å². The van der Waals surface area contributed by atoms with Crippen LogP contribution in [-0.2, 0) is 19.4 Å². The SMILES string of the molecule is CCOc1cc(Cl)cc(CCCc2ccc(C(=O)O)cc2)c1OCc1ccccc1. The van der Waals surface area contributed by atoms with Gasteiger partial charge in [-0.1, -0.05) is 54.1 Å². The van der Waals surface area contributed by atoms with Crippen molar-refractivity contribution >= 4 is 17.6 Å². The van der Waals surface area contributed by atoms with Gasteiger partial charge in [0, 0.05) is 11.1 Å². The zero-order valence-electron chi connectivity index (χ0n) is 16.9. The average Bonchev–Trinajstić information content (AvgIpc) is 2.74. The standard InChI is InChI=1S/C25H25ClO4/c1-2-29-23-16-22(26)15-21(24(23)30-17-19-7-4-3-5-8-19)10-6-9-18-11-13-20(14-12-18)25(27)28/h3-5,7-8,11-16H,2,6,9-10,17H2,1H3,(H,27,28). The smallest absolute Gasteiger partial charge is 0.335 e. The van der Waals surface area contributed by atoms with Crippen LogP contribution in [0.15, 0.2) is 66.7 Å². The number of hydrogen-bond acceptors (Lipinski definition) is 3. The number of hydrogen-bond donors (Lipinski definition) is 1. The van der Waals surface area contributed by atoms with Crippen LogP contribution in [0.3, 0.4) is 0 Å². The maximum absolute atomic E-state index is 11.0. The number of benzene rings is 3. The van der Waals surface area contributed by atoms with Gasteiger partial charge >= 0.3 is 5.97 Å². The molecule has 0 fully saturated rings. The maximum Gasteiger partial charge on any atom is 0.335 e. The van der Waals surface area contributed by atoms with Crippen molar-refractivity contribution in [2.24, 2.45) is 0 Å². The predicted octanol–water partition coefficient (Wildman–Crippen LogP) is 6.19. The van der Waals surface area contributed by atoms with Crippen LogP contribution in [-0.4, -0.2) is 17.7 Å². The summed E-state index contributed by atoms with van der Waals surface area (Å²) < 4.78 is 11.9. The van der Waals surface area contributed by atoms with E-state index in [2.05, 4.69) is 0 Å². The molecule has 4 nitrogen and oxygen atoms in total. The number of aromatic carboxylic acids is 1. The Hall–Kier alpha value is -2.98. The van der Waals surface area contributed by atoms with Gasteiger partial charge in [-0.15, -0.1) is 0 Å². The van der Waals surface area contributed by atoms with E-state index in [0.29, 0.717) is 29.5 Å². The van der Waals surface area contributed by atoms with Gasteiger partial charge in [0.1, 0.15) is 6.61 Å². The first-order chi connectivity index (χ1) is 14.6. The van der Waals surface area contributed by atoms with Crippen LogP contribution in [0.5, 0.6) is 11.5 Å². The maximum atomic E-state index is 11.0. The number of aryl methyl sites for hydroxylation is 2. The fourth-order valence-electron chi connectivity index (χ4n) is 3.26. The van der Waals surface area contributed by atoms with E-state index in [1.165, 1.54) is 0 Å². The Morgan fingerprint density at radius 3 is 2.33 bits per heavy atom. The summed E-state index contributed by atoms with van der Waals surface area (Å²) in [4.78, 5) is 11.0. The van der Waals surface area contributed by atoms with Crippen molar-refractivity contribution in [1.29, 1.82) is 0 Å². The van der Waals surface area contributed by atoms with E-state index in [4.69, 9.17) is 26.2 Å². The summed E-state index contributed by atoms with van der Waals surface area (Å²) in [7, 11) is 0. The molecule has 1 N–H and O–H groups in total. The molecule has 5 heteroatoms. The summed E-state index contributed by atoms with van der Waals surface area (Å²) in [5.74, 6) is 0.470. The van der Waals surface area contributed by atoms with Crippen LogP contribution in [0.1, 0.15) is 40.4 Å². The largest absolute Gasteiger partial charge is 0.490 e. The number of carboxylic acids is 1. The number of carboxylic acid groups (broad SMARTS) is 1. The lowest BCUT2D eigenvalue weighted by atomic mass is 10.0. The zero-order chi connectivity index (χ0) is 21.3. The molecule has 0 aliphatic heterocycles. The van der Waals surface area contributed by atoms with Gasteiger partial charge in [0.25, 0.3) is 0 Å². The molecule has 0 unspecified atom stereocenters. The molecule has 0 heterocycles. The summed E-state index contributed by atoms with van der Waals surface area (Å²) in [6.45, 7) is 2.91. The molecule has 0 saturated heterocycles. The van der Waals surface area contributed by atoms with Gasteiger partial charge < -0.3 is 14.6 Å². The molecule has 3 rings (SSSR count). The Morgan fingerprint density at radius 1 is 0.933 bits per heavy atom. The van der Waals surface area contributed by atoms with E-state index < -0.39 is 5.97 Å². The molecule has 0 aromatic heterocycles. The highest BCUT2D eigenvalue weighted by Crippen LogP contribution is 2.36. The molecular weight excluding hydrogens is 400 g/mol. The highest BCUT2D eigenvalue weighted by atomic mass is 35.5. The predicted molar refractivity (Wildman–Crippen MR) is 119 cm³/mol. The van der Waals surface area contributed by atoms with Crippen molar-refractivity contribution in [3.63, 3.8) is 0 Å². The van der Waals surface area contributed by atoms with E-state index >= 15 is 0 Å². The normalized spacial score (nSPS) is 10.6. The highest BCUT2D eigenvalue weighted by Gasteiger charge is 2.14. The fourth-order valence-corrected chi connectivity index (χ4v) is 3.49. The third-order valence-corrected chi connectivity index (χ3v) is 4.95. The van der Waals surface area contributed by atoms with Gasteiger partial charge in [-0.2, -0.15) is 0 Å². The van der Waals surface area contributed by atoms with Gasteiger partial charge in [0.05, 0.1) is 12.2 Å². The summed E-state index contributed by atoms with van der Waals surface area (Å²) in [6, 6.07) is 20.7. The lowest BCUT2D eigenvalue weighted by Gasteiger charge is -2.17. The molecule has 3 aromatic carbocycles. The van der Waals surface area contributed by atoms with Crippen molar-refractivity contribution in [2.45, 2.75) is 32.8 Å². The van der Waals surface area contributed by atoms with Gasteiger partial charge in [0.15, 0.2) is 11.5 Å². The van der Waals surface area contributed by atoms with Gasteiger partial charge in [-0.3, -0.25) is 0 Å². The molecule has 156 valence electrons. The Kier molecular flexibility index (Phi) is 7.75. The van der Waals surface area contributed by atoms with Crippen LogP contribution in [0.25, 0.3) is 0 Å². The molecule has 3 aromatic rings. The van der Waals surface area contributed by atoms with Crippen molar-refractivity contribution in [1.82, 2.24) is 0 Å². The molecule has 0 bridgehead atoms. The quantitative estimate of drug-likeness (QED) is 0.421. The van der Waals surface area contributed by atoms with Crippen LogP contribution in [0.4, 0.5) is 0 Å². The molecular formula is C25H25ClO4. The zero-order valence-corrected chi connectivity index (χ0v) is 17.7. The molecule has 0 aliphatic rings. The van der Waals surface area contributed by atoms with Gasteiger partial charge in [-0.25, -0.2) is 4.79 Å². The lowest BCUT2D eigenvalue weighted by molar-refractivity contribution is 0.0697. The number of halogens is 1. The van der Waals surface area contributed by atoms with Crippen LogP contribution < -0.4 is 9.47 Å². The molecule has 0 spiro atoms. The lowest BCUT2D eigenvalue weighted by Crippen LogP contribution is -2.03. The van der Waals surface area contributed by atoms with Crippen molar-refractivity contribution < 1.29 is 19.4 Å². The van der Waals surface area contributed by atoms with Crippen molar-refractivity contribution in [3.05, 3.63) is 94.0 Å². The fraction of sp³-hybridized carbons (Fsp3) is 0.240. The van der Waals surface area contributed by atoms with Crippen molar-refractivity contribution in [2.75, 3.05) is 6.61 Å².